The van der Waals surface area contributed by atoms with E-state index in [1.54, 1.807) is 30.3 Å². The number of amides is 1. The molecule has 1 aliphatic heterocycles. The van der Waals surface area contributed by atoms with Gasteiger partial charge in [0.2, 0.25) is 0 Å². The second kappa shape index (κ2) is 12.2. The summed E-state index contributed by atoms with van der Waals surface area (Å²) in [5.74, 6) is 0.554. The van der Waals surface area contributed by atoms with Gasteiger partial charge in [-0.15, -0.1) is 0 Å². The van der Waals surface area contributed by atoms with Gasteiger partial charge >= 0.3 is 0 Å². The van der Waals surface area contributed by atoms with Crippen LogP contribution in [0.3, 0.4) is 0 Å². The summed E-state index contributed by atoms with van der Waals surface area (Å²) in [6.45, 7) is 5.22. The number of rotatable bonds is 9. The number of fused-ring (bicyclic) bond motifs is 1. The minimum absolute atomic E-state index is 0.0842. The molecule has 39 heavy (non-hydrogen) atoms. The SMILES string of the molecule is CN(C)CCN1CCN(C(=O)c2nc3c(Nc4ccc(OCc5cccc(F)c5)c(Cl)c4)ncnc3s2)CC1. The molecule has 2 aromatic heterocycles. The smallest absolute Gasteiger partial charge is 0.283 e. The van der Waals surface area contributed by atoms with Gasteiger partial charge in [0.25, 0.3) is 5.91 Å². The van der Waals surface area contributed by atoms with E-state index in [9.17, 15) is 9.18 Å². The Bertz CT molecular complexity index is 1460. The zero-order valence-electron chi connectivity index (χ0n) is 21.7. The molecule has 0 aliphatic carbocycles. The average molecular weight is 570 g/mol. The fourth-order valence-electron chi connectivity index (χ4n) is 4.21. The van der Waals surface area contributed by atoms with Crippen molar-refractivity contribution in [3.8, 4) is 5.75 Å². The van der Waals surface area contributed by atoms with Crippen molar-refractivity contribution in [1.29, 1.82) is 0 Å². The van der Waals surface area contributed by atoms with Gasteiger partial charge in [0.1, 0.15) is 34.8 Å². The number of likely N-dealkylation sites (N-methyl/N-ethyl adjacent to an activating group) is 1. The molecule has 5 rings (SSSR count). The maximum Gasteiger partial charge on any atom is 0.283 e. The first-order valence-electron chi connectivity index (χ1n) is 12.6. The van der Waals surface area contributed by atoms with E-state index in [0.717, 1.165) is 26.2 Å². The first kappa shape index (κ1) is 27.2. The fraction of sp³-hybridized carbons (Fsp3) is 0.333. The van der Waals surface area contributed by atoms with Crippen LogP contribution in [-0.4, -0.2) is 88.9 Å². The van der Waals surface area contributed by atoms with Gasteiger partial charge in [-0.05, 0) is 50.0 Å². The topological polar surface area (TPSA) is 86.7 Å². The maximum absolute atomic E-state index is 13.4. The van der Waals surface area contributed by atoms with Crippen LogP contribution in [0.25, 0.3) is 10.3 Å². The van der Waals surface area contributed by atoms with E-state index in [1.807, 2.05) is 4.90 Å². The van der Waals surface area contributed by atoms with E-state index in [1.165, 1.54) is 29.8 Å². The second-order valence-electron chi connectivity index (χ2n) is 9.52. The Labute approximate surface area is 235 Å². The number of hydrogen-bond acceptors (Lipinski definition) is 9. The van der Waals surface area contributed by atoms with Crippen LogP contribution in [0.15, 0.2) is 48.8 Å². The molecule has 0 bridgehead atoms. The lowest BCUT2D eigenvalue weighted by Gasteiger charge is -2.34. The third-order valence-electron chi connectivity index (χ3n) is 6.38. The van der Waals surface area contributed by atoms with E-state index < -0.39 is 0 Å². The van der Waals surface area contributed by atoms with Gasteiger partial charge in [-0.2, -0.15) is 0 Å². The van der Waals surface area contributed by atoms with Crippen LogP contribution in [0.1, 0.15) is 15.4 Å². The molecule has 2 aromatic carbocycles. The third kappa shape index (κ3) is 6.80. The summed E-state index contributed by atoms with van der Waals surface area (Å²) in [5.41, 5.74) is 1.91. The van der Waals surface area contributed by atoms with Crippen LogP contribution >= 0.6 is 22.9 Å². The Morgan fingerprint density at radius 1 is 1.15 bits per heavy atom. The molecule has 0 spiro atoms. The first-order chi connectivity index (χ1) is 18.9. The highest BCUT2D eigenvalue weighted by Gasteiger charge is 2.25. The van der Waals surface area contributed by atoms with Gasteiger partial charge in [0.15, 0.2) is 10.8 Å². The number of ether oxygens (including phenoxy) is 1. The Morgan fingerprint density at radius 3 is 2.72 bits per heavy atom. The lowest BCUT2D eigenvalue weighted by molar-refractivity contribution is 0.0629. The monoisotopic (exact) mass is 569 g/mol. The van der Waals surface area contributed by atoms with Crippen molar-refractivity contribution in [2.45, 2.75) is 6.61 Å². The van der Waals surface area contributed by atoms with Crippen molar-refractivity contribution in [3.05, 3.63) is 70.2 Å². The van der Waals surface area contributed by atoms with Gasteiger partial charge in [0, 0.05) is 45.0 Å². The molecule has 3 heterocycles. The molecular weight excluding hydrogens is 541 g/mol. The summed E-state index contributed by atoms with van der Waals surface area (Å²) < 4.78 is 19.2. The Morgan fingerprint density at radius 2 is 1.97 bits per heavy atom. The summed E-state index contributed by atoms with van der Waals surface area (Å²) in [5, 5.41) is 4.01. The summed E-state index contributed by atoms with van der Waals surface area (Å²) in [6.07, 6.45) is 1.44. The van der Waals surface area contributed by atoms with E-state index in [2.05, 4.69) is 44.2 Å². The van der Waals surface area contributed by atoms with E-state index in [0.29, 0.717) is 56.3 Å². The average Bonchev–Trinajstić information content (AvgIpc) is 3.37. The molecule has 1 amide bonds. The number of benzene rings is 2. The van der Waals surface area contributed by atoms with Crippen LogP contribution in [0.4, 0.5) is 15.9 Å². The van der Waals surface area contributed by atoms with E-state index in [4.69, 9.17) is 16.3 Å². The molecular formula is C27H29ClFN7O2S. The predicted octanol–water partition coefficient (Wildman–Crippen LogP) is 4.52. The second-order valence-corrected chi connectivity index (χ2v) is 10.9. The molecule has 0 saturated carbocycles. The molecule has 1 fully saturated rings. The molecule has 0 unspecified atom stereocenters. The maximum atomic E-state index is 13.4. The van der Waals surface area contributed by atoms with Crippen LogP contribution in [-0.2, 0) is 6.61 Å². The van der Waals surface area contributed by atoms with Crippen molar-refractivity contribution < 1.29 is 13.9 Å². The minimum atomic E-state index is -0.317. The highest BCUT2D eigenvalue weighted by Crippen LogP contribution is 2.32. The fourth-order valence-corrected chi connectivity index (χ4v) is 5.32. The van der Waals surface area contributed by atoms with Gasteiger partial charge in [-0.3, -0.25) is 9.69 Å². The van der Waals surface area contributed by atoms with Gasteiger partial charge in [-0.25, -0.2) is 19.3 Å². The highest BCUT2D eigenvalue weighted by atomic mass is 35.5. The minimum Gasteiger partial charge on any atom is -0.487 e. The Kier molecular flexibility index (Phi) is 8.51. The number of thiazole rings is 1. The zero-order valence-corrected chi connectivity index (χ0v) is 23.3. The molecule has 9 nitrogen and oxygen atoms in total. The number of halogens is 2. The number of hydrogen-bond donors (Lipinski definition) is 1. The Balaban J connectivity index is 1.24. The number of nitrogens with zero attached hydrogens (tertiary/aromatic N) is 6. The molecule has 1 N–H and O–H groups in total. The molecule has 204 valence electrons. The normalized spacial score (nSPS) is 14.2. The van der Waals surface area contributed by atoms with Crippen molar-refractivity contribution in [3.63, 3.8) is 0 Å². The van der Waals surface area contributed by atoms with Crippen molar-refractivity contribution in [2.75, 3.05) is 58.7 Å². The quantitative estimate of drug-likeness (QED) is 0.315. The predicted molar refractivity (Wildman–Crippen MR) is 152 cm³/mol. The number of carbonyl (C=O) groups excluding carboxylic acids is 1. The highest BCUT2D eigenvalue weighted by molar-refractivity contribution is 7.19. The largest absolute Gasteiger partial charge is 0.487 e. The molecule has 0 radical (unpaired) electrons. The number of piperazine rings is 1. The van der Waals surface area contributed by atoms with Crippen molar-refractivity contribution >= 4 is 50.7 Å². The third-order valence-corrected chi connectivity index (χ3v) is 7.63. The van der Waals surface area contributed by atoms with Gasteiger partial charge in [-0.1, -0.05) is 35.1 Å². The number of carbonyl (C=O) groups is 1. The Hall–Kier alpha value is -3.38. The molecule has 4 aromatic rings. The molecule has 1 saturated heterocycles. The van der Waals surface area contributed by atoms with Crippen LogP contribution in [0.2, 0.25) is 5.02 Å². The first-order valence-corrected chi connectivity index (χ1v) is 13.8. The van der Waals surface area contributed by atoms with Gasteiger partial charge < -0.3 is 19.9 Å². The summed E-state index contributed by atoms with van der Waals surface area (Å²) in [4.78, 5) is 33.5. The number of nitrogens with one attached hydrogen (secondary N) is 1. The summed E-state index contributed by atoms with van der Waals surface area (Å²) >= 11 is 7.71. The standard InChI is InChI=1S/C27H29ClFN7O2S/c1-34(2)8-9-35-10-12-36(13-11-35)27(37)26-33-23-24(30-17-31-25(23)39-26)32-20-6-7-22(21(28)15-20)38-16-18-4-3-5-19(29)14-18/h3-7,14-15,17H,8-13,16H2,1-2H3,(H,30,31,32). The van der Waals surface area contributed by atoms with Gasteiger partial charge in [0.05, 0.1) is 5.02 Å². The summed E-state index contributed by atoms with van der Waals surface area (Å²) in [7, 11) is 4.13. The molecule has 1 aliphatic rings. The number of aromatic nitrogens is 3. The summed E-state index contributed by atoms with van der Waals surface area (Å²) in [6, 6.07) is 11.5. The lowest BCUT2D eigenvalue weighted by atomic mass is 10.2. The molecule has 0 atom stereocenters. The van der Waals surface area contributed by atoms with E-state index in [-0.39, 0.29) is 18.3 Å². The van der Waals surface area contributed by atoms with Crippen LogP contribution < -0.4 is 10.1 Å². The van der Waals surface area contributed by atoms with Crippen LogP contribution in [0.5, 0.6) is 5.75 Å². The van der Waals surface area contributed by atoms with E-state index >= 15 is 0 Å². The van der Waals surface area contributed by atoms with Crippen molar-refractivity contribution in [1.82, 2.24) is 29.7 Å². The zero-order chi connectivity index (χ0) is 27.4. The lowest BCUT2D eigenvalue weighted by Crippen LogP contribution is -2.49. The van der Waals surface area contributed by atoms with Crippen molar-refractivity contribution in [2.24, 2.45) is 0 Å². The molecule has 12 heteroatoms. The van der Waals surface area contributed by atoms with Crippen LogP contribution in [0, 0.1) is 5.82 Å². The number of anilines is 2.